The summed E-state index contributed by atoms with van der Waals surface area (Å²) in [7, 11) is 0. The zero-order valence-electron chi connectivity index (χ0n) is 9.02. The fraction of sp³-hybridized carbons (Fsp3) is 0.400. The van der Waals surface area contributed by atoms with E-state index in [4.69, 9.17) is 39.5 Å². The Morgan fingerprint density at radius 2 is 1.94 bits per heavy atom. The molecule has 0 spiro atoms. The molecule has 0 N–H and O–H groups in total. The highest BCUT2D eigenvalue weighted by molar-refractivity contribution is 8.69. The second kappa shape index (κ2) is 6.63. The van der Waals surface area contributed by atoms with E-state index in [1.54, 1.807) is 11.4 Å². The van der Waals surface area contributed by atoms with E-state index in [-0.39, 0.29) is 6.10 Å². The summed E-state index contributed by atoms with van der Waals surface area (Å²) in [5.74, 6) is 0. The highest BCUT2D eigenvalue weighted by Gasteiger charge is 2.20. The van der Waals surface area contributed by atoms with Crippen molar-refractivity contribution in [1.29, 1.82) is 0 Å². The topological polar surface area (TPSA) is 9.23 Å². The number of hydrogen-bond acceptors (Lipinski definition) is 3. The molecule has 1 aromatic carbocycles. The minimum atomic E-state index is -2.02. The lowest BCUT2D eigenvalue weighted by Gasteiger charge is -2.21. The molecule has 0 saturated carbocycles. The predicted octanol–water partition coefficient (Wildman–Crippen LogP) is 5.36. The van der Waals surface area contributed by atoms with Crippen LogP contribution >= 0.6 is 40.1 Å². The lowest BCUT2D eigenvalue weighted by molar-refractivity contribution is 0.277. The highest BCUT2D eigenvalue weighted by atomic mass is 35.5. The van der Waals surface area contributed by atoms with Crippen LogP contribution in [0.2, 0.25) is 5.02 Å². The van der Waals surface area contributed by atoms with Gasteiger partial charge in [0.15, 0.2) is 0 Å². The Balaban J connectivity index is 2.77. The van der Waals surface area contributed by atoms with Crippen molar-refractivity contribution in [3.63, 3.8) is 0 Å². The van der Waals surface area contributed by atoms with Gasteiger partial charge in [-0.3, -0.25) is 0 Å². The van der Waals surface area contributed by atoms with Crippen molar-refractivity contribution in [2.24, 2.45) is 0 Å². The van der Waals surface area contributed by atoms with E-state index >= 15 is 0 Å². The third-order valence-corrected chi connectivity index (χ3v) is 8.91. The van der Waals surface area contributed by atoms with Crippen molar-refractivity contribution in [3.8, 4) is 0 Å². The average Bonchev–Trinajstić information content (AvgIpc) is 2.20. The van der Waals surface area contributed by atoms with Crippen molar-refractivity contribution >= 4 is 51.9 Å². The minimum Gasteiger partial charge on any atom is -0.337 e. The number of hydrogen-bond donors (Lipinski definition) is 0. The van der Waals surface area contributed by atoms with Gasteiger partial charge in [0.25, 0.3) is 0 Å². The zero-order chi connectivity index (χ0) is 12.2. The third-order valence-electron chi connectivity index (χ3n) is 1.58. The summed E-state index contributed by atoms with van der Waals surface area (Å²) in [5, 5.41) is 0.716. The van der Waals surface area contributed by atoms with Gasteiger partial charge < -0.3 is 4.52 Å². The first-order valence-electron chi connectivity index (χ1n) is 4.74. The van der Waals surface area contributed by atoms with Gasteiger partial charge in [0.05, 0.1) is 11.7 Å². The van der Waals surface area contributed by atoms with Gasteiger partial charge in [-0.1, -0.05) is 34.8 Å². The van der Waals surface area contributed by atoms with Crippen LogP contribution in [0.25, 0.3) is 0 Å². The van der Waals surface area contributed by atoms with Crippen molar-refractivity contribution < 1.29 is 4.52 Å². The van der Waals surface area contributed by atoms with Gasteiger partial charge in [0.1, 0.15) is 5.47 Å². The molecule has 1 atom stereocenters. The Bertz CT molecular complexity index is 381. The molecule has 16 heavy (non-hydrogen) atoms. The summed E-state index contributed by atoms with van der Waals surface area (Å²) >= 11 is 18.7. The highest BCUT2D eigenvalue weighted by Crippen LogP contribution is 2.64. The number of halogens is 2. The standard InChI is InChI=1S/C10H13Cl2OPS2/c1-8(2)13-14(15,7-11)16-10-5-3-9(12)4-6-10/h3-6,8H,7H2,1-2H3. The summed E-state index contributed by atoms with van der Waals surface area (Å²) in [4.78, 5) is 1.05. The smallest absolute Gasteiger partial charge is 0.138 e. The Morgan fingerprint density at radius 1 is 1.38 bits per heavy atom. The molecule has 0 aliphatic carbocycles. The van der Waals surface area contributed by atoms with Gasteiger partial charge in [-0.2, -0.15) is 0 Å². The van der Waals surface area contributed by atoms with E-state index in [0.29, 0.717) is 10.6 Å². The molecule has 0 aromatic heterocycles. The van der Waals surface area contributed by atoms with Crippen LogP contribution in [0, 0.1) is 0 Å². The molecule has 1 aromatic rings. The second-order valence-corrected chi connectivity index (χ2v) is 11.7. The number of rotatable bonds is 5. The van der Waals surface area contributed by atoms with Crippen LogP contribution in [-0.2, 0) is 16.3 Å². The summed E-state index contributed by atoms with van der Waals surface area (Å²) in [6, 6.07) is 7.55. The minimum absolute atomic E-state index is 0.101. The second-order valence-electron chi connectivity index (χ2n) is 3.43. The Labute approximate surface area is 116 Å². The molecule has 0 saturated heterocycles. The largest absolute Gasteiger partial charge is 0.337 e. The van der Waals surface area contributed by atoms with E-state index in [2.05, 4.69) is 0 Å². The molecule has 0 bridgehead atoms. The number of alkyl halides is 1. The quantitative estimate of drug-likeness (QED) is 0.534. The lowest BCUT2D eigenvalue weighted by Crippen LogP contribution is -1.99. The molecule has 0 amide bonds. The van der Waals surface area contributed by atoms with Crippen LogP contribution in [0.3, 0.4) is 0 Å². The molecule has 0 aliphatic rings. The van der Waals surface area contributed by atoms with Crippen LogP contribution in [0.4, 0.5) is 0 Å². The average molecular weight is 315 g/mol. The van der Waals surface area contributed by atoms with Crippen LogP contribution in [0.15, 0.2) is 29.2 Å². The van der Waals surface area contributed by atoms with Gasteiger partial charge in [0, 0.05) is 9.92 Å². The van der Waals surface area contributed by atoms with Gasteiger partial charge in [-0.05, 0) is 38.1 Å². The first kappa shape index (κ1) is 14.8. The predicted molar refractivity (Wildman–Crippen MR) is 78.5 cm³/mol. The van der Waals surface area contributed by atoms with Crippen LogP contribution in [0.5, 0.6) is 0 Å². The summed E-state index contributed by atoms with van der Waals surface area (Å²) in [5.41, 5.74) is -1.65. The molecule has 90 valence electrons. The van der Waals surface area contributed by atoms with E-state index in [1.165, 1.54) is 0 Å². The third kappa shape index (κ3) is 4.95. The SMILES string of the molecule is CC(C)OP(=S)(CCl)Sc1ccc(Cl)cc1. The maximum Gasteiger partial charge on any atom is 0.138 e. The fourth-order valence-corrected chi connectivity index (χ4v) is 6.57. The van der Waals surface area contributed by atoms with Crippen molar-refractivity contribution in [1.82, 2.24) is 0 Å². The molecular formula is C10H13Cl2OPS2. The first-order chi connectivity index (χ1) is 7.45. The fourth-order valence-electron chi connectivity index (χ4n) is 1.05. The number of benzene rings is 1. The van der Waals surface area contributed by atoms with E-state index < -0.39 is 5.47 Å². The Hall–Kier alpha value is 0.760. The van der Waals surface area contributed by atoms with E-state index in [9.17, 15) is 0 Å². The molecule has 6 heteroatoms. The maximum absolute atomic E-state index is 5.91. The Morgan fingerprint density at radius 3 is 2.38 bits per heavy atom. The van der Waals surface area contributed by atoms with Gasteiger partial charge >= 0.3 is 0 Å². The van der Waals surface area contributed by atoms with Gasteiger partial charge in [-0.25, -0.2) is 0 Å². The summed E-state index contributed by atoms with van der Waals surface area (Å²) in [6.07, 6.45) is 0.101. The lowest BCUT2D eigenvalue weighted by atomic mass is 10.4. The van der Waals surface area contributed by atoms with Crippen LogP contribution in [0.1, 0.15) is 13.8 Å². The summed E-state index contributed by atoms with van der Waals surface area (Å²) < 4.78 is 5.75. The maximum atomic E-state index is 5.91. The van der Waals surface area contributed by atoms with E-state index in [1.807, 2.05) is 38.1 Å². The molecule has 0 aliphatic heterocycles. The van der Waals surface area contributed by atoms with Crippen LogP contribution < -0.4 is 0 Å². The van der Waals surface area contributed by atoms with Gasteiger partial charge in [-0.15, -0.1) is 11.6 Å². The first-order valence-corrected chi connectivity index (χ1v) is 9.98. The molecule has 1 rings (SSSR count). The Kier molecular flexibility index (Phi) is 6.14. The van der Waals surface area contributed by atoms with Crippen LogP contribution in [-0.4, -0.2) is 11.7 Å². The summed E-state index contributed by atoms with van der Waals surface area (Å²) in [6.45, 7) is 3.94. The van der Waals surface area contributed by atoms with Gasteiger partial charge in [0.2, 0.25) is 0 Å². The zero-order valence-corrected chi connectivity index (χ0v) is 13.1. The van der Waals surface area contributed by atoms with Crippen molar-refractivity contribution in [2.75, 3.05) is 5.62 Å². The van der Waals surface area contributed by atoms with Crippen molar-refractivity contribution in [3.05, 3.63) is 29.3 Å². The molecule has 1 nitrogen and oxygen atoms in total. The van der Waals surface area contributed by atoms with Crippen molar-refractivity contribution in [2.45, 2.75) is 24.8 Å². The van der Waals surface area contributed by atoms with E-state index in [0.717, 1.165) is 4.90 Å². The molecule has 0 radical (unpaired) electrons. The molecule has 0 fully saturated rings. The molecule has 0 heterocycles. The molecule has 1 unspecified atom stereocenters. The normalized spacial score (nSPS) is 15.1. The molecular weight excluding hydrogens is 302 g/mol. The monoisotopic (exact) mass is 314 g/mol.